The van der Waals surface area contributed by atoms with Crippen molar-refractivity contribution < 1.29 is 18.9 Å². The van der Waals surface area contributed by atoms with E-state index in [4.69, 9.17) is 9.15 Å². The molecule has 0 N–H and O–H groups in total. The number of amides is 1. The Morgan fingerprint density at radius 2 is 1.72 bits per heavy atom. The molecule has 0 bridgehead atoms. The van der Waals surface area contributed by atoms with Crippen LogP contribution in [0.25, 0.3) is 0 Å². The van der Waals surface area contributed by atoms with Gasteiger partial charge in [0.15, 0.2) is 5.76 Å². The van der Waals surface area contributed by atoms with Crippen LogP contribution in [0.1, 0.15) is 35.9 Å². The summed E-state index contributed by atoms with van der Waals surface area (Å²) in [6.07, 6.45) is 2.45. The third-order valence-electron chi connectivity index (χ3n) is 5.55. The summed E-state index contributed by atoms with van der Waals surface area (Å²) in [6.45, 7) is 3.39. The van der Waals surface area contributed by atoms with E-state index in [2.05, 4.69) is 24.0 Å². The number of carbonyl (C=O) groups excluding carboxylic acids is 1. The summed E-state index contributed by atoms with van der Waals surface area (Å²) in [6, 6.07) is 18.4. The van der Waals surface area contributed by atoms with Gasteiger partial charge in [-0.05, 0) is 67.8 Å². The number of anilines is 2. The van der Waals surface area contributed by atoms with Crippen LogP contribution in [0, 0.1) is 10.1 Å². The molecule has 4 rings (SSSR count). The maximum absolute atomic E-state index is 13.2. The van der Waals surface area contributed by atoms with Crippen molar-refractivity contribution in [1.82, 2.24) is 0 Å². The number of methoxy groups -OCH3 is 1. The second-order valence-electron chi connectivity index (χ2n) is 7.67. The van der Waals surface area contributed by atoms with Crippen molar-refractivity contribution in [3.63, 3.8) is 0 Å². The first-order valence-electron chi connectivity index (χ1n) is 10.6. The second kappa shape index (κ2) is 9.13. The number of hydrogen-bond acceptors (Lipinski definition) is 6. The third-order valence-corrected chi connectivity index (χ3v) is 5.55. The predicted octanol–water partition coefficient (Wildman–Crippen LogP) is 5.03. The Hall–Kier alpha value is -3.81. The first-order valence-corrected chi connectivity index (χ1v) is 10.6. The number of hydrogen-bond donors (Lipinski definition) is 0. The lowest BCUT2D eigenvalue weighted by Gasteiger charge is -2.24. The van der Waals surface area contributed by atoms with E-state index < -0.39 is 16.7 Å². The summed E-state index contributed by atoms with van der Waals surface area (Å²) in [4.78, 5) is 27.5. The fraction of sp³-hybridized carbons (Fsp3) is 0.292. The first-order chi connectivity index (χ1) is 15.5. The van der Waals surface area contributed by atoms with Gasteiger partial charge in [0.25, 0.3) is 5.91 Å². The van der Waals surface area contributed by atoms with E-state index in [9.17, 15) is 14.9 Å². The number of nitro groups is 1. The number of carbonyl (C=O) groups is 1. The molecule has 1 amide bonds. The molecular weight excluding hydrogens is 410 g/mol. The van der Waals surface area contributed by atoms with Crippen LogP contribution < -0.4 is 14.5 Å². The molecule has 1 aromatic heterocycles. The van der Waals surface area contributed by atoms with Gasteiger partial charge in [-0.25, -0.2) is 0 Å². The molecule has 0 saturated heterocycles. The Balaban J connectivity index is 1.60. The fourth-order valence-electron chi connectivity index (χ4n) is 3.73. The van der Waals surface area contributed by atoms with Crippen LogP contribution in [0.3, 0.4) is 0 Å². The molecule has 3 aromatic rings. The van der Waals surface area contributed by atoms with Gasteiger partial charge in [0.2, 0.25) is 0 Å². The molecule has 32 heavy (non-hydrogen) atoms. The van der Waals surface area contributed by atoms with Crippen molar-refractivity contribution in [1.29, 1.82) is 0 Å². The zero-order valence-corrected chi connectivity index (χ0v) is 18.1. The summed E-state index contributed by atoms with van der Waals surface area (Å²) in [5.41, 5.74) is 2.74. The van der Waals surface area contributed by atoms with Crippen molar-refractivity contribution in [3.8, 4) is 5.75 Å². The lowest BCUT2D eigenvalue weighted by molar-refractivity contribution is -0.402. The summed E-state index contributed by atoms with van der Waals surface area (Å²) in [5, 5.41) is 11.0. The Kier molecular flexibility index (Phi) is 6.11. The van der Waals surface area contributed by atoms with Crippen molar-refractivity contribution in [2.45, 2.75) is 32.4 Å². The van der Waals surface area contributed by atoms with Crippen molar-refractivity contribution in [2.24, 2.45) is 0 Å². The summed E-state index contributed by atoms with van der Waals surface area (Å²) in [5.74, 6) is -0.346. The molecule has 0 radical (unpaired) electrons. The van der Waals surface area contributed by atoms with Crippen LogP contribution in [0.5, 0.6) is 5.75 Å². The lowest BCUT2D eigenvalue weighted by Crippen LogP contribution is -2.30. The Labute approximate surface area is 186 Å². The van der Waals surface area contributed by atoms with Gasteiger partial charge in [0.1, 0.15) is 10.7 Å². The van der Waals surface area contributed by atoms with E-state index in [1.54, 1.807) is 31.4 Å². The number of benzene rings is 2. The van der Waals surface area contributed by atoms with Crippen LogP contribution in [-0.4, -0.2) is 30.5 Å². The molecule has 1 fully saturated rings. The Bertz CT molecular complexity index is 1090. The highest BCUT2D eigenvalue weighted by Gasteiger charge is 2.28. The molecule has 1 saturated carbocycles. The van der Waals surface area contributed by atoms with Crippen molar-refractivity contribution in [2.75, 3.05) is 23.5 Å². The zero-order chi connectivity index (χ0) is 22.7. The van der Waals surface area contributed by atoms with Crippen LogP contribution in [0.15, 0.2) is 65.1 Å². The number of ether oxygens (including phenoxy) is 1. The predicted molar refractivity (Wildman–Crippen MR) is 121 cm³/mol. The van der Waals surface area contributed by atoms with Crippen LogP contribution in [0.2, 0.25) is 0 Å². The van der Waals surface area contributed by atoms with Crippen LogP contribution >= 0.6 is 0 Å². The monoisotopic (exact) mass is 435 g/mol. The Morgan fingerprint density at radius 3 is 2.25 bits per heavy atom. The lowest BCUT2D eigenvalue weighted by atomic mass is 10.1. The highest BCUT2D eigenvalue weighted by molar-refractivity contribution is 6.04. The van der Waals surface area contributed by atoms with Crippen molar-refractivity contribution >= 4 is 23.2 Å². The van der Waals surface area contributed by atoms with Gasteiger partial charge < -0.3 is 19.0 Å². The van der Waals surface area contributed by atoms with E-state index >= 15 is 0 Å². The highest BCUT2D eigenvalue weighted by atomic mass is 16.6. The molecular formula is C24H25N3O5. The molecule has 0 unspecified atom stereocenters. The molecule has 8 nitrogen and oxygen atoms in total. The average Bonchev–Trinajstić information content (AvgIpc) is 3.52. The van der Waals surface area contributed by atoms with E-state index in [1.165, 1.54) is 35.6 Å². The molecule has 8 heteroatoms. The number of furan rings is 1. The van der Waals surface area contributed by atoms with E-state index in [1.807, 2.05) is 12.1 Å². The normalized spacial score (nSPS) is 12.9. The highest BCUT2D eigenvalue weighted by Crippen LogP contribution is 2.32. The van der Waals surface area contributed by atoms with E-state index in [-0.39, 0.29) is 12.3 Å². The molecule has 0 aliphatic heterocycles. The first kappa shape index (κ1) is 21.4. The molecule has 0 atom stereocenters. The van der Waals surface area contributed by atoms with Gasteiger partial charge >= 0.3 is 5.88 Å². The van der Waals surface area contributed by atoms with Gasteiger partial charge in [-0.1, -0.05) is 12.1 Å². The molecule has 0 spiro atoms. The van der Waals surface area contributed by atoms with E-state index in [0.29, 0.717) is 17.5 Å². The van der Waals surface area contributed by atoms with Gasteiger partial charge in [0.05, 0.1) is 19.7 Å². The van der Waals surface area contributed by atoms with Crippen LogP contribution in [-0.2, 0) is 6.54 Å². The summed E-state index contributed by atoms with van der Waals surface area (Å²) in [7, 11) is 1.57. The zero-order valence-electron chi connectivity index (χ0n) is 18.1. The summed E-state index contributed by atoms with van der Waals surface area (Å²) < 4.78 is 10.4. The topological polar surface area (TPSA) is 89.1 Å². The van der Waals surface area contributed by atoms with Crippen LogP contribution in [0.4, 0.5) is 17.3 Å². The average molecular weight is 435 g/mol. The quantitative estimate of drug-likeness (QED) is 0.346. The molecule has 1 aliphatic rings. The second-order valence-corrected chi connectivity index (χ2v) is 7.67. The molecule has 166 valence electrons. The number of nitrogens with zero attached hydrogens (tertiary/aromatic N) is 3. The molecule has 1 heterocycles. The van der Waals surface area contributed by atoms with Crippen molar-refractivity contribution in [3.05, 3.63) is 82.1 Å². The maximum atomic E-state index is 13.2. The molecule has 1 aliphatic carbocycles. The summed E-state index contributed by atoms with van der Waals surface area (Å²) >= 11 is 0. The van der Waals surface area contributed by atoms with E-state index in [0.717, 1.165) is 12.1 Å². The smallest absolute Gasteiger partial charge is 0.433 e. The fourth-order valence-corrected chi connectivity index (χ4v) is 3.73. The van der Waals surface area contributed by atoms with Gasteiger partial charge in [-0.3, -0.25) is 14.9 Å². The van der Waals surface area contributed by atoms with Gasteiger partial charge in [-0.2, -0.15) is 0 Å². The minimum atomic E-state index is -0.660. The molecule has 2 aromatic carbocycles. The minimum Gasteiger partial charge on any atom is -0.497 e. The Morgan fingerprint density at radius 1 is 1.06 bits per heavy atom. The maximum Gasteiger partial charge on any atom is 0.433 e. The largest absolute Gasteiger partial charge is 0.497 e. The van der Waals surface area contributed by atoms with Gasteiger partial charge in [-0.15, -0.1) is 0 Å². The number of rotatable bonds is 9. The third kappa shape index (κ3) is 4.59. The minimum absolute atomic E-state index is 0.0879. The SMILES string of the molecule is CCN(c1ccc(CN(C(=O)c2ccc([N+](=O)[O-])o2)c2ccc(OC)cc2)cc1)C1CC1. The standard InChI is InChI=1S/C24H25N3O5/c1-3-25(19-8-9-19)18-6-4-17(5-7-18)16-26(20-10-12-21(31-2)13-11-20)24(28)22-14-15-23(32-22)27(29)30/h4-7,10-15,19H,3,8-9,16H2,1-2H3. The van der Waals surface area contributed by atoms with Gasteiger partial charge in [0, 0.05) is 24.0 Å².